The maximum Gasteiger partial charge on any atom is 0.121 e. The van der Waals surface area contributed by atoms with Crippen LogP contribution in [0.5, 0.6) is 5.75 Å². The predicted molar refractivity (Wildman–Crippen MR) is 94.3 cm³/mol. The van der Waals surface area contributed by atoms with E-state index in [1.54, 1.807) is 7.11 Å². The van der Waals surface area contributed by atoms with Crippen LogP contribution >= 0.6 is 0 Å². The van der Waals surface area contributed by atoms with Crippen LogP contribution in [0.3, 0.4) is 0 Å². The molecule has 0 saturated heterocycles. The summed E-state index contributed by atoms with van der Waals surface area (Å²) < 4.78 is 5.15. The first-order chi connectivity index (χ1) is 10.5. The largest absolute Gasteiger partial charge is 0.496 e. The van der Waals surface area contributed by atoms with Crippen LogP contribution in [0.1, 0.15) is 27.8 Å². The SMILES string of the molecule is COc1ccc(CCN)cc1C.Cc1cc(C)cc(CN)c1. The molecule has 0 radical (unpaired) electrons. The Balaban J connectivity index is 0.000000224. The summed E-state index contributed by atoms with van der Waals surface area (Å²) >= 11 is 0. The second-order valence-electron chi connectivity index (χ2n) is 5.54. The van der Waals surface area contributed by atoms with Crippen molar-refractivity contribution in [1.82, 2.24) is 0 Å². The highest BCUT2D eigenvalue weighted by atomic mass is 16.5. The summed E-state index contributed by atoms with van der Waals surface area (Å²) in [4.78, 5) is 0. The van der Waals surface area contributed by atoms with Crippen LogP contribution in [0.4, 0.5) is 0 Å². The number of ether oxygens (including phenoxy) is 1. The van der Waals surface area contributed by atoms with Gasteiger partial charge in [0.2, 0.25) is 0 Å². The molecule has 0 saturated carbocycles. The Bertz CT molecular complexity index is 574. The number of methoxy groups -OCH3 is 1. The fourth-order valence-corrected chi connectivity index (χ4v) is 2.45. The minimum atomic E-state index is 0.641. The number of benzene rings is 2. The van der Waals surface area contributed by atoms with Crippen molar-refractivity contribution in [2.24, 2.45) is 11.5 Å². The molecule has 0 aromatic heterocycles. The van der Waals surface area contributed by atoms with Crippen LogP contribution in [0, 0.1) is 20.8 Å². The number of nitrogens with two attached hydrogens (primary N) is 2. The lowest BCUT2D eigenvalue weighted by molar-refractivity contribution is 0.411. The molecule has 0 aliphatic heterocycles. The van der Waals surface area contributed by atoms with Crippen molar-refractivity contribution >= 4 is 0 Å². The van der Waals surface area contributed by atoms with E-state index in [9.17, 15) is 0 Å². The van der Waals surface area contributed by atoms with Crippen LogP contribution in [0.15, 0.2) is 36.4 Å². The predicted octanol–water partition coefficient (Wildman–Crippen LogP) is 3.27. The number of hydrogen-bond donors (Lipinski definition) is 2. The molecule has 0 amide bonds. The van der Waals surface area contributed by atoms with Gasteiger partial charge in [0, 0.05) is 6.54 Å². The first-order valence-corrected chi connectivity index (χ1v) is 7.61. The Morgan fingerprint density at radius 3 is 1.95 bits per heavy atom. The molecule has 0 atom stereocenters. The third-order valence-electron chi connectivity index (χ3n) is 3.41. The molecule has 2 rings (SSSR count). The Morgan fingerprint density at radius 1 is 0.864 bits per heavy atom. The molecule has 22 heavy (non-hydrogen) atoms. The second-order valence-corrected chi connectivity index (χ2v) is 5.54. The highest BCUT2D eigenvalue weighted by molar-refractivity contribution is 5.36. The van der Waals surface area contributed by atoms with E-state index in [0.717, 1.165) is 12.2 Å². The smallest absolute Gasteiger partial charge is 0.121 e. The van der Waals surface area contributed by atoms with Gasteiger partial charge in [0.15, 0.2) is 0 Å². The molecular formula is C19H28N2O. The molecule has 0 fully saturated rings. The van der Waals surface area contributed by atoms with Crippen molar-refractivity contribution in [2.45, 2.75) is 33.7 Å². The van der Waals surface area contributed by atoms with E-state index >= 15 is 0 Å². The van der Waals surface area contributed by atoms with Crippen molar-refractivity contribution in [3.05, 3.63) is 64.2 Å². The van der Waals surface area contributed by atoms with E-state index in [1.807, 2.05) is 13.0 Å². The summed E-state index contributed by atoms with van der Waals surface area (Å²) in [5.41, 5.74) is 17.2. The highest BCUT2D eigenvalue weighted by Gasteiger charge is 1.98. The van der Waals surface area contributed by atoms with E-state index in [4.69, 9.17) is 16.2 Å². The van der Waals surface area contributed by atoms with Gasteiger partial charge in [-0.15, -0.1) is 0 Å². The van der Waals surface area contributed by atoms with Gasteiger partial charge >= 0.3 is 0 Å². The summed E-state index contributed by atoms with van der Waals surface area (Å²) in [6.45, 7) is 7.56. The zero-order chi connectivity index (χ0) is 16.5. The lowest BCUT2D eigenvalue weighted by atomic mass is 10.1. The molecule has 0 heterocycles. The maximum absolute atomic E-state index is 5.49. The van der Waals surface area contributed by atoms with Gasteiger partial charge in [0.1, 0.15) is 5.75 Å². The van der Waals surface area contributed by atoms with Crippen LogP contribution < -0.4 is 16.2 Å². The third kappa shape index (κ3) is 5.88. The molecular weight excluding hydrogens is 272 g/mol. The zero-order valence-electron chi connectivity index (χ0n) is 14.1. The van der Waals surface area contributed by atoms with Crippen LogP contribution in [0.2, 0.25) is 0 Å². The van der Waals surface area contributed by atoms with Crippen LogP contribution in [-0.4, -0.2) is 13.7 Å². The van der Waals surface area contributed by atoms with Crippen LogP contribution in [-0.2, 0) is 13.0 Å². The summed E-state index contributed by atoms with van der Waals surface area (Å²) in [5.74, 6) is 0.941. The fourth-order valence-electron chi connectivity index (χ4n) is 2.45. The molecule has 0 unspecified atom stereocenters. The maximum atomic E-state index is 5.49. The molecule has 120 valence electrons. The third-order valence-corrected chi connectivity index (χ3v) is 3.41. The van der Waals surface area contributed by atoms with Gasteiger partial charge < -0.3 is 16.2 Å². The molecule has 3 heteroatoms. The Hall–Kier alpha value is -1.84. The normalized spacial score (nSPS) is 9.91. The molecule has 2 aromatic carbocycles. The minimum Gasteiger partial charge on any atom is -0.496 e. The van der Waals surface area contributed by atoms with Gasteiger partial charge in [0.25, 0.3) is 0 Å². The quantitative estimate of drug-likeness (QED) is 0.911. The van der Waals surface area contributed by atoms with Crippen molar-refractivity contribution < 1.29 is 4.74 Å². The summed E-state index contributed by atoms with van der Waals surface area (Å²) in [6, 6.07) is 12.5. The summed E-state index contributed by atoms with van der Waals surface area (Å²) in [6.07, 6.45) is 0.935. The molecule has 4 N–H and O–H groups in total. The molecule has 0 aliphatic rings. The van der Waals surface area contributed by atoms with E-state index < -0.39 is 0 Å². The highest BCUT2D eigenvalue weighted by Crippen LogP contribution is 2.18. The first kappa shape index (κ1) is 18.2. The lowest BCUT2D eigenvalue weighted by Crippen LogP contribution is -2.02. The average Bonchev–Trinajstić information content (AvgIpc) is 2.47. The number of rotatable bonds is 4. The van der Waals surface area contributed by atoms with Gasteiger partial charge in [-0.3, -0.25) is 0 Å². The topological polar surface area (TPSA) is 61.3 Å². The van der Waals surface area contributed by atoms with Crippen molar-refractivity contribution in [1.29, 1.82) is 0 Å². The second kappa shape index (κ2) is 9.23. The number of hydrogen-bond acceptors (Lipinski definition) is 3. The minimum absolute atomic E-state index is 0.641. The molecule has 3 nitrogen and oxygen atoms in total. The van der Waals surface area contributed by atoms with Crippen molar-refractivity contribution in [3.63, 3.8) is 0 Å². The first-order valence-electron chi connectivity index (χ1n) is 7.61. The summed E-state index contributed by atoms with van der Waals surface area (Å²) in [5, 5.41) is 0. The molecule has 0 bridgehead atoms. The van der Waals surface area contributed by atoms with E-state index in [-0.39, 0.29) is 0 Å². The average molecular weight is 300 g/mol. The van der Waals surface area contributed by atoms with Crippen molar-refractivity contribution in [3.8, 4) is 5.75 Å². The Morgan fingerprint density at radius 2 is 1.50 bits per heavy atom. The van der Waals surface area contributed by atoms with E-state index in [0.29, 0.717) is 13.1 Å². The van der Waals surface area contributed by atoms with Gasteiger partial charge in [-0.25, -0.2) is 0 Å². The molecule has 2 aromatic rings. The van der Waals surface area contributed by atoms with Crippen LogP contribution in [0.25, 0.3) is 0 Å². The van der Waals surface area contributed by atoms with E-state index in [2.05, 4.69) is 44.2 Å². The van der Waals surface area contributed by atoms with E-state index in [1.165, 1.54) is 27.8 Å². The summed E-state index contributed by atoms with van der Waals surface area (Å²) in [7, 11) is 1.69. The van der Waals surface area contributed by atoms with Gasteiger partial charge in [0.05, 0.1) is 7.11 Å². The standard InChI is InChI=1S/C10H15NO.C9H13N/c1-8-7-9(5-6-11)3-4-10(8)12-2;1-7-3-8(2)5-9(4-7)6-10/h3-4,7H,5-6,11H2,1-2H3;3-5H,6,10H2,1-2H3. The zero-order valence-corrected chi connectivity index (χ0v) is 14.1. The fraction of sp³-hybridized carbons (Fsp3) is 0.368. The Kier molecular flexibility index (Phi) is 7.64. The van der Waals surface area contributed by atoms with Crippen molar-refractivity contribution in [2.75, 3.05) is 13.7 Å². The van der Waals surface area contributed by atoms with Gasteiger partial charge in [-0.1, -0.05) is 41.5 Å². The van der Waals surface area contributed by atoms with Gasteiger partial charge in [-0.2, -0.15) is 0 Å². The monoisotopic (exact) mass is 300 g/mol. The number of aryl methyl sites for hydroxylation is 3. The molecule has 0 aliphatic carbocycles. The molecule has 0 spiro atoms. The Labute approximate surface area is 134 Å². The lowest BCUT2D eigenvalue weighted by Gasteiger charge is -2.05. The van der Waals surface area contributed by atoms with Gasteiger partial charge in [-0.05, 0) is 56.5 Å².